The third kappa shape index (κ3) is 2.19. The predicted octanol–water partition coefficient (Wildman–Crippen LogP) is 2.06. The van der Waals surface area contributed by atoms with Crippen LogP contribution in [0.1, 0.15) is 11.8 Å². The Bertz CT molecular complexity index is 711. The van der Waals surface area contributed by atoms with E-state index < -0.39 is 0 Å². The van der Waals surface area contributed by atoms with Crippen LogP contribution in [0, 0.1) is 0 Å². The number of piperazine rings is 1. The molecule has 22 heavy (non-hydrogen) atoms. The lowest BCUT2D eigenvalue weighted by Crippen LogP contribution is -2.47. The summed E-state index contributed by atoms with van der Waals surface area (Å²) >= 11 is 0. The zero-order valence-electron chi connectivity index (χ0n) is 12.1. The van der Waals surface area contributed by atoms with Crippen molar-refractivity contribution in [3.63, 3.8) is 0 Å². The summed E-state index contributed by atoms with van der Waals surface area (Å²) in [7, 11) is 0. The van der Waals surface area contributed by atoms with Crippen LogP contribution in [-0.4, -0.2) is 41.3 Å². The minimum Gasteiger partial charge on any atom is -0.508 e. The quantitative estimate of drug-likeness (QED) is 0.752. The lowest BCUT2D eigenvalue weighted by Gasteiger charge is -2.38. The number of phenols is 2. The van der Waals surface area contributed by atoms with E-state index in [2.05, 4.69) is 10.2 Å². The van der Waals surface area contributed by atoms with Gasteiger partial charge in [-0.2, -0.15) is 0 Å². The molecule has 5 heteroatoms. The third-order valence-electron chi connectivity index (χ3n) is 4.28. The monoisotopic (exact) mass is 298 g/mol. The van der Waals surface area contributed by atoms with E-state index in [4.69, 9.17) is 4.74 Å². The first-order valence-corrected chi connectivity index (χ1v) is 7.50. The van der Waals surface area contributed by atoms with Crippen LogP contribution in [0.25, 0.3) is 11.1 Å². The van der Waals surface area contributed by atoms with E-state index in [0.717, 1.165) is 42.9 Å². The van der Waals surface area contributed by atoms with Crippen molar-refractivity contribution >= 4 is 0 Å². The highest BCUT2D eigenvalue weighted by Gasteiger charge is 2.31. The van der Waals surface area contributed by atoms with Crippen molar-refractivity contribution < 1.29 is 14.9 Å². The Morgan fingerprint density at radius 3 is 2.41 bits per heavy atom. The largest absolute Gasteiger partial charge is 0.508 e. The van der Waals surface area contributed by atoms with Gasteiger partial charge in [-0.05, 0) is 29.8 Å². The SMILES string of the molecule is Oc1ccc2c(c1)OC(N1CCNCC1)c1cc(O)ccc1-2. The second-order valence-electron chi connectivity index (χ2n) is 5.71. The summed E-state index contributed by atoms with van der Waals surface area (Å²) in [5.41, 5.74) is 2.96. The minimum atomic E-state index is -0.238. The normalized spacial score (nSPS) is 20.8. The molecule has 0 saturated carbocycles. The number of nitrogens with one attached hydrogen (secondary N) is 1. The molecule has 0 spiro atoms. The highest BCUT2D eigenvalue weighted by Crippen LogP contribution is 2.45. The molecule has 2 heterocycles. The average Bonchev–Trinajstić information content (AvgIpc) is 2.54. The maximum atomic E-state index is 9.87. The van der Waals surface area contributed by atoms with E-state index in [9.17, 15) is 10.2 Å². The lowest BCUT2D eigenvalue weighted by molar-refractivity contribution is 0.0132. The first-order valence-electron chi connectivity index (χ1n) is 7.50. The lowest BCUT2D eigenvalue weighted by atomic mass is 9.94. The van der Waals surface area contributed by atoms with E-state index in [1.807, 2.05) is 12.1 Å². The number of hydrogen-bond acceptors (Lipinski definition) is 5. The Kier molecular flexibility index (Phi) is 3.17. The molecule has 0 amide bonds. The number of hydrogen-bond donors (Lipinski definition) is 3. The smallest absolute Gasteiger partial charge is 0.179 e. The molecule has 4 rings (SSSR count). The van der Waals surface area contributed by atoms with Gasteiger partial charge >= 0.3 is 0 Å². The molecule has 5 nitrogen and oxygen atoms in total. The number of ether oxygens (including phenoxy) is 1. The van der Waals surface area contributed by atoms with Gasteiger partial charge in [0.1, 0.15) is 17.2 Å². The number of rotatable bonds is 1. The second kappa shape index (κ2) is 5.19. The Balaban J connectivity index is 1.83. The van der Waals surface area contributed by atoms with Crippen molar-refractivity contribution in [2.75, 3.05) is 26.2 Å². The van der Waals surface area contributed by atoms with Crippen molar-refractivity contribution in [1.82, 2.24) is 10.2 Å². The van der Waals surface area contributed by atoms with Crippen molar-refractivity contribution in [2.24, 2.45) is 0 Å². The fraction of sp³-hybridized carbons (Fsp3) is 0.294. The molecule has 1 fully saturated rings. The average molecular weight is 298 g/mol. The second-order valence-corrected chi connectivity index (χ2v) is 5.71. The predicted molar refractivity (Wildman–Crippen MR) is 83.0 cm³/mol. The summed E-state index contributed by atoms with van der Waals surface area (Å²) in [6.07, 6.45) is -0.238. The van der Waals surface area contributed by atoms with E-state index in [-0.39, 0.29) is 17.7 Å². The van der Waals surface area contributed by atoms with Crippen LogP contribution in [0.4, 0.5) is 0 Å². The molecular formula is C17H18N2O3. The fourth-order valence-electron chi connectivity index (χ4n) is 3.20. The van der Waals surface area contributed by atoms with Gasteiger partial charge in [0.15, 0.2) is 6.23 Å². The van der Waals surface area contributed by atoms with Gasteiger partial charge in [-0.3, -0.25) is 4.90 Å². The van der Waals surface area contributed by atoms with Gasteiger partial charge in [-0.1, -0.05) is 6.07 Å². The molecule has 0 aliphatic carbocycles. The van der Waals surface area contributed by atoms with Gasteiger partial charge in [0.2, 0.25) is 0 Å². The number of aromatic hydroxyl groups is 2. The molecule has 0 aromatic heterocycles. The molecular weight excluding hydrogens is 280 g/mol. The summed E-state index contributed by atoms with van der Waals surface area (Å²) in [5, 5.41) is 22.9. The molecule has 2 aromatic rings. The van der Waals surface area contributed by atoms with Gasteiger partial charge in [0.25, 0.3) is 0 Å². The molecule has 1 unspecified atom stereocenters. The maximum absolute atomic E-state index is 9.87. The molecule has 1 atom stereocenters. The Morgan fingerprint density at radius 1 is 0.955 bits per heavy atom. The maximum Gasteiger partial charge on any atom is 0.179 e. The van der Waals surface area contributed by atoms with Crippen LogP contribution >= 0.6 is 0 Å². The van der Waals surface area contributed by atoms with Crippen LogP contribution in [-0.2, 0) is 0 Å². The summed E-state index contributed by atoms with van der Waals surface area (Å²) in [5.74, 6) is 1.12. The third-order valence-corrected chi connectivity index (χ3v) is 4.28. The molecule has 2 aliphatic rings. The van der Waals surface area contributed by atoms with E-state index in [0.29, 0.717) is 5.75 Å². The van der Waals surface area contributed by atoms with E-state index in [1.54, 1.807) is 24.3 Å². The molecule has 0 bridgehead atoms. The van der Waals surface area contributed by atoms with Crippen molar-refractivity contribution in [2.45, 2.75) is 6.23 Å². The van der Waals surface area contributed by atoms with Gasteiger partial charge in [-0.15, -0.1) is 0 Å². The van der Waals surface area contributed by atoms with Crippen molar-refractivity contribution in [3.8, 4) is 28.4 Å². The van der Waals surface area contributed by atoms with Crippen molar-refractivity contribution in [1.29, 1.82) is 0 Å². The van der Waals surface area contributed by atoms with Gasteiger partial charge < -0.3 is 20.3 Å². The Labute approximate surface area is 128 Å². The van der Waals surface area contributed by atoms with Crippen LogP contribution in [0.15, 0.2) is 36.4 Å². The zero-order valence-corrected chi connectivity index (χ0v) is 12.1. The first kappa shape index (κ1) is 13.4. The first-order chi connectivity index (χ1) is 10.7. The standard InChI is InChI=1S/C17H18N2O3/c20-11-1-3-13-14-4-2-12(21)10-16(14)22-17(15(13)9-11)19-7-5-18-6-8-19/h1-4,9-10,17-18,20-21H,5-8H2. The van der Waals surface area contributed by atoms with Gasteiger partial charge in [-0.25, -0.2) is 0 Å². The van der Waals surface area contributed by atoms with E-state index >= 15 is 0 Å². The Hall–Kier alpha value is -2.24. The van der Waals surface area contributed by atoms with Gasteiger partial charge in [0, 0.05) is 43.4 Å². The van der Waals surface area contributed by atoms with Crippen LogP contribution in [0.3, 0.4) is 0 Å². The molecule has 114 valence electrons. The molecule has 1 saturated heterocycles. The highest BCUT2D eigenvalue weighted by molar-refractivity contribution is 5.77. The highest BCUT2D eigenvalue weighted by atomic mass is 16.5. The number of benzene rings is 2. The summed E-state index contributed by atoms with van der Waals surface area (Å²) < 4.78 is 6.16. The number of phenolic OH excluding ortho intramolecular Hbond substituents is 2. The summed E-state index contributed by atoms with van der Waals surface area (Å²) in [4.78, 5) is 2.25. The van der Waals surface area contributed by atoms with Crippen LogP contribution in [0.2, 0.25) is 0 Å². The van der Waals surface area contributed by atoms with Crippen LogP contribution < -0.4 is 10.1 Å². The molecule has 2 aliphatic heterocycles. The summed E-state index contributed by atoms with van der Waals surface area (Å²) in [6.45, 7) is 3.60. The zero-order chi connectivity index (χ0) is 15.1. The van der Waals surface area contributed by atoms with Crippen LogP contribution in [0.5, 0.6) is 17.2 Å². The molecule has 0 radical (unpaired) electrons. The summed E-state index contributed by atoms with van der Waals surface area (Å²) in [6, 6.07) is 10.5. The fourth-order valence-corrected chi connectivity index (χ4v) is 3.20. The van der Waals surface area contributed by atoms with E-state index in [1.165, 1.54) is 0 Å². The number of fused-ring (bicyclic) bond motifs is 3. The topological polar surface area (TPSA) is 65.0 Å². The molecule has 2 aromatic carbocycles. The molecule has 3 N–H and O–H groups in total. The number of nitrogens with zero attached hydrogens (tertiary/aromatic N) is 1. The minimum absolute atomic E-state index is 0.194. The van der Waals surface area contributed by atoms with Gasteiger partial charge in [0.05, 0.1) is 0 Å². The Morgan fingerprint density at radius 2 is 1.64 bits per heavy atom. The van der Waals surface area contributed by atoms with Crippen molar-refractivity contribution in [3.05, 3.63) is 42.0 Å².